The summed E-state index contributed by atoms with van der Waals surface area (Å²) in [5, 5.41) is 2.98. The summed E-state index contributed by atoms with van der Waals surface area (Å²) >= 11 is 0. The molecule has 3 rings (SSSR count). The molecule has 0 spiro atoms. The van der Waals surface area contributed by atoms with Crippen LogP contribution in [0.25, 0.3) is 0 Å². The molecule has 1 heterocycles. The minimum atomic E-state index is 0.139. The maximum absolute atomic E-state index is 12.6. The SMILES string of the molecule is CC(CC(=O)N1CCN(c2ccc(NC(=O)C3CC3)cc2)CC1)CC(C)(C)C. The first-order chi connectivity index (χ1) is 13.2. The number of nitrogens with zero attached hydrogens (tertiary/aromatic N) is 2. The Labute approximate surface area is 169 Å². The summed E-state index contributed by atoms with van der Waals surface area (Å²) in [5.41, 5.74) is 2.28. The second-order valence-corrected chi connectivity index (χ2v) is 9.75. The number of carbonyl (C=O) groups is 2. The number of rotatable bonds is 6. The van der Waals surface area contributed by atoms with E-state index in [0.717, 1.165) is 56.8 Å². The largest absolute Gasteiger partial charge is 0.368 e. The number of hydrogen-bond acceptors (Lipinski definition) is 3. The summed E-state index contributed by atoms with van der Waals surface area (Å²) in [6.07, 6.45) is 3.75. The lowest BCUT2D eigenvalue weighted by Gasteiger charge is -2.37. The van der Waals surface area contributed by atoms with E-state index in [2.05, 4.69) is 50.0 Å². The zero-order chi connectivity index (χ0) is 20.3. The highest BCUT2D eigenvalue weighted by atomic mass is 16.2. The highest BCUT2D eigenvalue weighted by Gasteiger charge is 2.29. The van der Waals surface area contributed by atoms with Crippen molar-refractivity contribution in [1.82, 2.24) is 4.90 Å². The molecule has 5 heteroatoms. The van der Waals surface area contributed by atoms with Crippen LogP contribution in [0.4, 0.5) is 11.4 Å². The Morgan fingerprint density at radius 2 is 1.68 bits per heavy atom. The summed E-state index contributed by atoms with van der Waals surface area (Å²) in [6, 6.07) is 8.07. The van der Waals surface area contributed by atoms with Crippen LogP contribution < -0.4 is 10.2 Å². The van der Waals surface area contributed by atoms with E-state index in [4.69, 9.17) is 0 Å². The number of hydrogen-bond donors (Lipinski definition) is 1. The number of benzene rings is 1. The van der Waals surface area contributed by atoms with Gasteiger partial charge >= 0.3 is 0 Å². The minimum Gasteiger partial charge on any atom is -0.368 e. The van der Waals surface area contributed by atoms with E-state index >= 15 is 0 Å². The van der Waals surface area contributed by atoms with Gasteiger partial charge in [0, 0.05) is 49.9 Å². The van der Waals surface area contributed by atoms with Crippen LogP contribution in [0.15, 0.2) is 24.3 Å². The van der Waals surface area contributed by atoms with Crippen LogP contribution in [0.3, 0.4) is 0 Å². The van der Waals surface area contributed by atoms with E-state index in [1.807, 2.05) is 17.0 Å². The topological polar surface area (TPSA) is 52.7 Å². The Morgan fingerprint density at radius 3 is 2.21 bits per heavy atom. The zero-order valence-electron chi connectivity index (χ0n) is 17.8. The Morgan fingerprint density at radius 1 is 1.07 bits per heavy atom. The Bertz CT molecular complexity index is 681. The number of amides is 2. The van der Waals surface area contributed by atoms with Crippen LogP contribution in [0.1, 0.15) is 53.4 Å². The van der Waals surface area contributed by atoms with Gasteiger partial charge in [-0.1, -0.05) is 27.7 Å². The van der Waals surface area contributed by atoms with Crippen molar-refractivity contribution in [2.24, 2.45) is 17.3 Å². The van der Waals surface area contributed by atoms with Crippen molar-refractivity contribution < 1.29 is 9.59 Å². The van der Waals surface area contributed by atoms with Crippen molar-refractivity contribution in [1.29, 1.82) is 0 Å². The van der Waals surface area contributed by atoms with Crippen molar-refractivity contribution in [3.8, 4) is 0 Å². The summed E-state index contributed by atoms with van der Waals surface area (Å²) in [7, 11) is 0. The number of anilines is 2. The summed E-state index contributed by atoms with van der Waals surface area (Å²) < 4.78 is 0. The molecule has 1 atom stereocenters. The van der Waals surface area contributed by atoms with Crippen LogP contribution in [0.2, 0.25) is 0 Å². The van der Waals surface area contributed by atoms with Gasteiger partial charge < -0.3 is 15.1 Å². The number of nitrogens with one attached hydrogen (secondary N) is 1. The fourth-order valence-electron chi connectivity index (χ4n) is 4.10. The van der Waals surface area contributed by atoms with Gasteiger partial charge in [-0.2, -0.15) is 0 Å². The molecule has 2 amide bonds. The van der Waals surface area contributed by atoms with Crippen LogP contribution in [-0.2, 0) is 9.59 Å². The molecule has 0 aromatic heterocycles. The lowest BCUT2D eigenvalue weighted by Crippen LogP contribution is -2.49. The van der Waals surface area contributed by atoms with E-state index in [9.17, 15) is 9.59 Å². The standard InChI is InChI=1S/C23H35N3O2/c1-17(16-23(2,3)4)15-21(27)26-13-11-25(12-14-26)20-9-7-19(8-10-20)24-22(28)18-5-6-18/h7-10,17-18H,5-6,11-16H2,1-4H3,(H,24,28). The van der Waals surface area contributed by atoms with E-state index in [1.165, 1.54) is 0 Å². The molecule has 1 N–H and O–H groups in total. The molecule has 2 aliphatic rings. The molecule has 0 bridgehead atoms. The third-order valence-corrected chi connectivity index (χ3v) is 5.56. The van der Waals surface area contributed by atoms with Crippen molar-refractivity contribution in [3.63, 3.8) is 0 Å². The predicted molar refractivity (Wildman–Crippen MR) is 114 cm³/mol. The average molecular weight is 386 g/mol. The minimum absolute atomic E-state index is 0.139. The smallest absolute Gasteiger partial charge is 0.227 e. The highest BCUT2D eigenvalue weighted by molar-refractivity contribution is 5.94. The molecule has 28 heavy (non-hydrogen) atoms. The molecule has 5 nitrogen and oxygen atoms in total. The fourth-order valence-corrected chi connectivity index (χ4v) is 4.10. The summed E-state index contributed by atoms with van der Waals surface area (Å²) in [4.78, 5) is 28.8. The average Bonchev–Trinajstić information content (AvgIpc) is 3.46. The number of carbonyl (C=O) groups excluding carboxylic acids is 2. The predicted octanol–water partition coefficient (Wildman–Crippen LogP) is 4.15. The maximum atomic E-state index is 12.6. The molecule has 154 valence electrons. The van der Waals surface area contributed by atoms with Crippen LogP contribution in [-0.4, -0.2) is 42.9 Å². The van der Waals surface area contributed by atoms with Gasteiger partial charge in [0.25, 0.3) is 0 Å². The monoisotopic (exact) mass is 385 g/mol. The Balaban J connectivity index is 1.45. The molecule has 2 fully saturated rings. The molecule has 0 radical (unpaired) electrons. The highest BCUT2D eigenvalue weighted by Crippen LogP contribution is 2.30. The Kier molecular flexibility index (Phi) is 6.31. The normalized spacial score (nSPS) is 18.7. The molecule has 1 aliphatic heterocycles. The molecule has 1 aliphatic carbocycles. The molecule has 1 aromatic rings. The van der Waals surface area contributed by atoms with Gasteiger partial charge in [0.2, 0.25) is 11.8 Å². The molecular formula is C23H35N3O2. The van der Waals surface area contributed by atoms with Crippen LogP contribution >= 0.6 is 0 Å². The molecule has 1 unspecified atom stereocenters. The second-order valence-electron chi connectivity index (χ2n) is 9.75. The fraction of sp³-hybridized carbons (Fsp3) is 0.652. The summed E-state index contributed by atoms with van der Waals surface area (Å²) in [5.74, 6) is 1.07. The van der Waals surface area contributed by atoms with Gasteiger partial charge in [-0.25, -0.2) is 0 Å². The van der Waals surface area contributed by atoms with Gasteiger partial charge in [0.1, 0.15) is 0 Å². The molecular weight excluding hydrogens is 350 g/mol. The van der Waals surface area contributed by atoms with Gasteiger partial charge in [-0.3, -0.25) is 9.59 Å². The van der Waals surface area contributed by atoms with E-state index < -0.39 is 0 Å². The van der Waals surface area contributed by atoms with Crippen molar-refractivity contribution in [2.45, 2.75) is 53.4 Å². The van der Waals surface area contributed by atoms with Gasteiger partial charge in [0.15, 0.2) is 0 Å². The lowest BCUT2D eigenvalue weighted by molar-refractivity contribution is -0.132. The molecule has 1 saturated heterocycles. The van der Waals surface area contributed by atoms with Gasteiger partial charge in [-0.15, -0.1) is 0 Å². The lowest BCUT2D eigenvalue weighted by atomic mass is 9.84. The zero-order valence-corrected chi connectivity index (χ0v) is 17.8. The third kappa shape index (κ3) is 5.98. The van der Waals surface area contributed by atoms with E-state index in [0.29, 0.717) is 12.3 Å². The van der Waals surface area contributed by atoms with Crippen LogP contribution in [0.5, 0.6) is 0 Å². The van der Waals surface area contributed by atoms with Crippen molar-refractivity contribution in [2.75, 3.05) is 36.4 Å². The molecule has 1 saturated carbocycles. The number of piperazine rings is 1. The molecule has 1 aromatic carbocycles. The first kappa shape index (κ1) is 20.7. The second kappa shape index (κ2) is 8.54. The maximum Gasteiger partial charge on any atom is 0.227 e. The Hall–Kier alpha value is -2.04. The first-order valence-corrected chi connectivity index (χ1v) is 10.6. The third-order valence-electron chi connectivity index (χ3n) is 5.56. The summed E-state index contributed by atoms with van der Waals surface area (Å²) in [6.45, 7) is 12.1. The van der Waals surface area contributed by atoms with E-state index in [-0.39, 0.29) is 23.1 Å². The quantitative estimate of drug-likeness (QED) is 0.800. The van der Waals surface area contributed by atoms with Crippen LogP contribution in [0, 0.1) is 17.3 Å². The van der Waals surface area contributed by atoms with Gasteiger partial charge in [-0.05, 0) is 54.9 Å². The first-order valence-electron chi connectivity index (χ1n) is 10.6. The van der Waals surface area contributed by atoms with E-state index in [1.54, 1.807) is 0 Å². The van der Waals surface area contributed by atoms with Crippen molar-refractivity contribution in [3.05, 3.63) is 24.3 Å². The van der Waals surface area contributed by atoms with Gasteiger partial charge in [0.05, 0.1) is 0 Å². The van der Waals surface area contributed by atoms with Crippen molar-refractivity contribution >= 4 is 23.2 Å².